The fourth-order valence-corrected chi connectivity index (χ4v) is 4.58. The SMILES string of the molecule is COC[C@@H]1CCCN1/N=C1/[C@H](COCc2ccccc2)OC(C)(C)O[C@H]1Cc1ccccc1. The molecule has 2 fully saturated rings. The summed E-state index contributed by atoms with van der Waals surface area (Å²) in [6.45, 7) is 6.48. The van der Waals surface area contributed by atoms with Crippen LogP contribution < -0.4 is 0 Å². The first kappa shape index (κ1) is 23.9. The molecule has 2 heterocycles. The predicted octanol–water partition coefficient (Wildman–Crippen LogP) is 4.43. The first-order chi connectivity index (χ1) is 16.0. The molecule has 0 N–H and O–H groups in total. The molecule has 178 valence electrons. The average Bonchev–Trinajstić information content (AvgIpc) is 3.24. The highest BCUT2D eigenvalue weighted by Gasteiger charge is 2.42. The molecule has 4 rings (SSSR count). The van der Waals surface area contributed by atoms with E-state index in [0.717, 1.165) is 37.1 Å². The molecule has 0 saturated carbocycles. The minimum atomic E-state index is -0.726. The van der Waals surface area contributed by atoms with Crippen LogP contribution in [0.1, 0.15) is 37.8 Å². The Balaban J connectivity index is 1.56. The summed E-state index contributed by atoms with van der Waals surface area (Å²) >= 11 is 0. The van der Waals surface area contributed by atoms with Gasteiger partial charge in [-0.2, -0.15) is 5.10 Å². The molecule has 2 aliphatic heterocycles. The smallest absolute Gasteiger partial charge is 0.164 e. The largest absolute Gasteiger partial charge is 0.382 e. The van der Waals surface area contributed by atoms with Crippen LogP contribution in [0.5, 0.6) is 0 Å². The normalized spacial score (nSPS) is 26.1. The molecule has 0 unspecified atom stereocenters. The predicted molar refractivity (Wildman–Crippen MR) is 129 cm³/mol. The standard InChI is InChI=1S/C27H36N2O4/c1-27(2)32-24(17-21-11-6-4-7-12-21)26(28-29-16-10-15-23(29)19-30-3)25(33-27)20-31-18-22-13-8-5-9-14-22/h4-9,11-14,23-25H,10,15-20H2,1-3H3/b28-26+/t23-,24-,25-/m0/s1. The third kappa shape index (κ3) is 6.64. The van der Waals surface area contributed by atoms with Gasteiger partial charge in [0.15, 0.2) is 5.79 Å². The lowest BCUT2D eigenvalue weighted by atomic mass is 9.99. The summed E-state index contributed by atoms with van der Waals surface area (Å²) in [7, 11) is 1.75. The Morgan fingerprint density at radius 3 is 2.30 bits per heavy atom. The second kappa shape index (κ2) is 11.3. The second-order valence-corrected chi connectivity index (χ2v) is 9.24. The van der Waals surface area contributed by atoms with Crippen molar-refractivity contribution in [3.63, 3.8) is 0 Å². The fraction of sp³-hybridized carbons (Fsp3) is 0.519. The molecule has 2 aliphatic rings. The summed E-state index contributed by atoms with van der Waals surface area (Å²) in [5.74, 6) is -0.726. The molecule has 3 atom stereocenters. The van der Waals surface area contributed by atoms with Gasteiger partial charge in [0, 0.05) is 20.1 Å². The molecule has 6 heteroatoms. The quantitative estimate of drug-likeness (QED) is 0.563. The van der Waals surface area contributed by atoms with Crippen LogP contribution in [0.25, 0.3) is 0 Å². The van der Waals surface area contributed by atoms with E-state index in [4.69, 9.17) is 24.0 Å². The number of hydrogen-bond donors (Lipinski definition) is 0. The van der Waals surface area contributed by atoms with Crippen molar-refractivity contribution in [3.8, 4) is 0 Å². The van der Waals surface area contributed by atoms with Gasteiger partial charge < -0.3 is 18.9 Å². The molecular weight excluding hydrogens is 416 g/mol. The van der Waals surface area contributed by atoms with Crippen LogP contribution in [0.4, 0.5) is 0 Å². The Labute approximate surface area is 197 Å². The van der Waals surface area contributed by atoms with Crippen molar-refractivity contribution in [2.45, 2.75) is 63.8 Å². The van der Waals surface area contributed by atoms with Crippen LogP contribution in [0.3, 0.4) is 0 Å². The van der Waals surface area contributed by atoms with Crippen molar-refractivity contribution in [2.24, 2.45) is 5.10 Å². The van der Waals surface area contributed by atoms with Gasteiger partial charge in [-0.05, 0) is 37.8 Å². The van der Waals surface area contributed by atoms with Crippen LogP contribution in [0, 0.1) is 0 Å². The van der Waals surface area contributed by atoms with Gasteiger partial charge in [0.1, 0.15) is 12.2 Å². The lowest BCUT2D eigenvalue weighted by Crippen LogP contribution is -2.54. The molecule has 0 spiro atoms. The van der Waals surface area contributed by atoms with E-state index in [1.165, 1.54) is 5.56 Å². The van der Waals surface area contributed by atoms with E-state index in [1.54, 1.807) is 7.11 Å². The molecule has 33 heavy (non-hydrogen) atoms. The Kier molecular flexibility index (Phi) is 8.15. The average molecular weight is 453 g/mol. The number of hydrazone groups is 1. The first-order valence-electron chi connectivity index (χ1n) is 11.9. The van der Waals surface area contributed by atoms with E-state index in [9.17, 15) is 0 Å². The van der Waals surface area contributed by atoms with Crippen molar-refractivity contribution in [1.29, 1.82) is 0 Å². The molecular formula is C27H36N2O4. The van der Waals surface area contributed by atoms with Gasteiger partial charge in [-0.15, -0.1) is 0 Å². The third-order valence-electron chi connectivity index (χ3n) is 6.11. The van der Waals surface area contributed by atoms with E-state index in [2.05, 4.69) is 41.4 Å². The Morgan fingerprint density at radius 2 is 1.61 bits per heavy atom. The second-order valence-electron chi connectivity index (χ2n) is 9.24. The minimum absolute atomic E-state index is 0.190. The van der Waals surface area contributed by atoms with Gasteiger partial charge >= 0.3 is 0 Å². The lowest BCUT2D eigenvalue weighted by molar-refractivity contribution is -0.262. The molecule has 2 saturated heterocycles. The topological polar surface area (TPSA) is 52.5 Å². The summed E-state index contributed by atoms with van der Waals surface area (Å²) in [5, 5.41) is 7.28. The fourth-order valence-electron chi connectivity index (χ4n) is 4.58. The van der Waals surface area contributed by atoms with Crippen molar-refractivity contribution in [3.05, 3.63) is 71.8 Å². The van der Waals surface area contributed by atoms with Crippen molar-refractivity contribution >= 4 is 5.71 Å². The summed E-state index contributed by atoms with van der Waals surface area (Å²) in [6.07, 6.45) is 2.46. The summed E-state index contributed by atoms with van der Waals surface area (Å²) < 4.78 is 24.3. The summed E-state index contributed by atoms with van der Waals surface area (Å²) in [4.78, 5) is 0. The van der Waals surface area contributed by atoms with E-state index in [-0.39, 0.29) is 18.2 Å². The number of hydrogen-bond acceptors (Lipinski definition) is 6. The van der Waals surface area contributed by atoms with E-state index in [0.29, 0.717) is 19.8 Å². The number of methoxy groups -OCH3 is 1. The zero-order valence-corrected chi connectivity index (χ0v) is 20.0. The Hall–Kier alpha value is -2.25. The lowest BCUT2D eigenvalue weighted by Gasteiger charge is -2.42. The highest BCUT2D eigenvalue weighted by Crippen LogP contribution is 2.29. The maximum atomic E-state index is 6.42. The maximum Gasteiger partial charge on any atom is 0.164 e. The number of rotatable bonds is 9. The highest BCUT2D eigenvalue weighted by atomic mass is 16.7. The molecule has 2 aromatic rings. The van der Waals surface area contributed by atoms with Crippen molar-refractivity contribution < 1.29 is 18.9 Å². The van der Waals surface area contributed by atoms with Crippen molar-refractivity contribution in [1.82, 2.24) is 5.01 Å². The van der Waals surface area contributed by atoms with Gasteiger partial charge in [-0.3, -0.25) is 5.01 Å². The zero-order chi connectivity index (χ0) is 23.1. The van der Waals surface area contributed by atoms with Crippen LogP contribution in [-0.2, 0) is 32.0 Å². The van der Waals surface area contributed by atoms with Gasteiger partial charge in [-0.1, -0.05) is 60.7 Å². The van der Waals surface area contributed by atoms with Gasteiger partial charge in [0.2, 0.25) is 0 Å². The molecule has 0 radical (unpaired) electrons. The summed E-state index contributed by atoms with van der Waals surface area (Å²) in [5.41, 5.74) is 3.25. The van der Waals surface area contributed by atoms with Crippen molar-refractivity contribution in [2.75, 3.05) is 26.9 Å². The molecule has 0 aliphatic carbocycles. The van der Waals surface area contributed by atoms with Gasteiger partial charge in [0.05, 0.1) is 31.6 Å². The Morgan fingerprint density at radius 1 is 0.939 bits per heavy atom. The van der Waals surface area contributed by atoms with Gasteiger partial charge in [0.25, 0.3) is 0 Å². The van der Waals surface area contributed by atoms with E-state index < -0.39 is 5.79 Å². The van der Waals surface area contributed by atoms with Crippen LogP contribution in [0.2, 0.25) is 0 Å². The van der Waals surface area contributed by atoms with E-state index in [1.807, 2.05) is 38.1 Å². The minimum Gasteiger partial charge on any atom is -0.382 e. The molecule has 0 bridgehead atoms. The Bertz CT molecular complexity index is 888. The monoisotopic (exact) mass is 452 g/mol. The highest BCUT2D eigenvalue weighted by molar-refractivity contribution is 5.93. The number of nitrogens with zero attached hydrogens (tertiary/aromatic N) is 2. The molecule has 2 aromatic carbocycles. The van der Waals surface area contributed by atoms with Crippen LogP contribution >= 0.6 is 0 Å². The van der Waals surface area contributed by atoms with E-state index >= 15 is 0 Å². The van der Waals surface area contributed by atoms with Crippen LogP contribution in [0.15, 0.2) is 65.8 Å². The zero-order valence-electron chi connectivity index (χ0n) is 20.0. The maximum absolute atomic E-state index is 6.42. The van der Waals surface area contributed by atoms with Gasteiger partial charge in [-0.25, -0.2) is 0 Å². The summed E-state index contributed by atoms with van der Waals surface area (Å²) in [6, 6.07) is 20.9. The molecule has 0 aromatic heterocycles. The molecule has 6 nitrogen and oxygen atoms in total. The third-order valence-corrected chi connectivity index (χ3v) is 6.11. The number of ether oxygens (including phenoxy) is 4. The first-order valence-corrected chi connectivity index (χ1v) is 11.9. The molecule has 0 amide bonds. The number of benzene rings is 2. The van der Waals surface area contributed by atoms with Crippen LogP contribution in [-0.4, -0.2) is 61.6 Å².